The zero-order chi connectivity index (χ0) is 17.6. The van der Waals surface area contributed by atoms with Crippen molar-refractivity contribution in [3.8, 4) is 5.75 Å². The van der Waals surface area contributed by atoms with Crippen LogP contribution in [0.25, 0.3) is 0 Å². The molecule has 2 N–H and O–H groups in total. The number of hydrogen-bond acceptors (Lipinski definition) is 4. The van der Waals surface area contributed by atoms with Gasteiger partial charge in [0.2, 0.25) is 0 Å². The van der Waals surface area contributed by atoms with E-state index >= 15 is 0 Å². The first-order valence-electron chi connectivity index (χ1n) is 9.91. The molecule has 1 fully saturated rings. The Hall–Kier alpha value is -1.36. The molecule has 2 aliphatic rings. The molecule has 0 radical (unpaired) electrons. The lowest BCUT2D eigenvalue weighted by Crippen LogP contribution is -2.19. The van der Waals surface area contributed by atoms with Crippen molar-refractivity contribution < 1.29 is 9.13 Å². The summed E-state index contributed by atoms with van der Waals surface area (Å²) in [5.74, 6) is 2.18. The van der Waals surface area contributed by atoms with Gasteiger partial charge in [0.25, 0.3) is 0 Å². The number of halogens is 1. The Morgan fingerprint density at radius 3 is 2.96 bits per heavy atom. The van der Waals surface area contributed by atoms with E-state index in [1.807, 2.05) is 0 Å². The Kier molecular flexibility index (Phi) is 6.51. The van der Waals surface area contributed by atoms with E-state index in [0.29, 0.717) is 6.42 Å². The number of anilines is 1. The third-order valence-corrected chi connectivity index (χ3v) is 5.17. The third kappa shape index (κ3) is 5.06. The molecule has 25 heavy (non-hydrogen) atoms. The van der Waals surface area contributed by atoms with Crippen molar-refractivity contribution in [2.45, 2.75) is 71.1 Å². The second-order valence-electron chi connectivity index (χ2n) is 7.65. The van der Waals surface area contributed by atoms with Gasteiger partial charge in [-0.25, -0.2) is 9.37 Å². The normalized spacial score (nSPS) is 21.0. The second kappa shape index (κ2) is 8.84. The predicted octanol–water partition coefficient (Wildman–Crippen LogP) is 3.89. The molecule has 1 aromatic rings. The van der Waals surface area contributed by atoms with E-state index < -0.39 is 6.17 Å². The van der Waals surface area contributed by atoms with Gasteiger partial charge in [0, 0.05) is 36.3 Å². The van der Waals surface area contributed by atoms with Gasteiger partial charge in [-0.05, 0) is 58.9 Å². The number of nitrogens with zero attached hydrogens (tertiary/aromatic N) is 1. The lowest BCUT2D eigenvalue weighted by molar-refractivity contribution is 0.221. The van der Waals surface area contributed by atoms with Crippen LogP contribution in [0.15, 0.2) is 6.07 Å². The van der Waals surface area contributed by atoms with Gasteiger partial charge in [-0.3, -0.25) is 0 Å². The molecule has 3 heterocycles. The molecule has 140 valence electrons. The molecule has 0 spiro atoms. The summed E-state index contributed by atoms with van der Waals surface area (Å²) in [6, 6.07) is 2.10. The molecule has 1 saturated heterocycles. The summed E-state index contributed by atoms with van der Waals surface area (Å²) in [6.07, 6.45) is 6.09. The van der Waals surface area contributed by atoms with E-state index in [2.05, 4.69) is 30.5 Å². The van der Waals surface area contributed by atoms with Crippen molar-refractivity contribution in [1.29, 1.82) is 0 Å². The van der Waals surface area contributed by atoms with Gasteiger partial charge in [-0.2, -0.15) is 0 Å². The lowest BCUT2D eigenvalue weighted by atomic mass is 9.97. The fraction of sp³-hybridized carbons (Fsp3) is 0.750. The van der Waals surface area contributed by atoms with E-state index in [0.717, 1.165) is 75.4 Å². The highest BCUT2D eigenvalue weighted by molar-refractivity contribution is 5.55. The maximum absolute atomic E-state index is 14.2. The van der Waals surface area contributed by atoms with E-state index in [1.165, 1.54) is 5.56 Å². The number of ether oxygens (including phenoxy) is 1. The van der Waals surface area contributed by atoms with Crippen LogP contribution >= 0.6 is 0 Å². The first-order valence-corrected chi connectivity index (χ1v) is 9.91. The average Bonchev–Trinajstić information content (AvgIpc) is 3.13. The number of hydrogen-bond donors (Lipinski definition) is 2. The minimum atomic E-state index is -0.659. The number of unbranched alkanes of at least 4 members (excludes halogenated alkanes) is 1. The Bertz CT molecular complexity index is 558. The van der Waals surface area contributed by atoms with E-state index in [4.69, 9.17) is 9.72 Å². The molecule has 0 saturated carbocycles. The highest BCUT2D eigenvalue weighted by atomic mass is 19.1. The predicted molar refractivity (Wildman–Crippen MR) is 100 cm³/mol. The van der Waals surface area contributed by atoms with Crippen LogP contribution in [0.4, 0.5) is 10.2 Å². The SMILES string of the molecule is CC(C)Oc1cc(CCCCC(F)[C@@H]2CCNC2)nc2c1CCCN2. The summed E-state index contributed by atoms with van der Waals surface area (Å²) in [7, 11) is 0. The Morgan fingerprint density at radius 1 is 1.32 bits per heavy atom. The smallest absolute Gasteiger partial charge is 0.133 e. The number of rotatable bonds is 8. The van der Waals surface area contributed by atoms with Crippen molar-refractivity contribution in [3.63, 3.8) is 0 Å². The molecular weight excluding hydrogens is 317 g/mol. The van der Waals surface area contributed by atoms with Crippen molar-refractivity contribution in [2.24, 2.45) is 5.92 Å². The molecule has 2 aliphatic heterocycles. The monoisotopic (exact) mass is 349 g/mol. The van der Waals surface area contributed by atoms with Gasteiger partial charge in [0.15, 0.2) is 0 Å². The quantitative estimate of drug-likeness (QED) is 0.699. The molecule has 0 bridgehead atoms. The van der Waals surface area contributed by atoms with Crippen molar-refractivity contribution in [1.82, 2.24) is 10.3 Å². The zero-order valence-electron chi connectivity index (χ0n) is 15.6. The summed E-state index contributed by atoms with van der Waals surface area (Å²) in [6.45, 7) is 6.90. The zero-order valence-corrected chi connectivity index (χ0v) is 15.6. The Morgan fingerprint density at radius 2 is 2.20 bits per heavy atom. The van der Waals surface area contributed by atoms with Gasteiger partial charge >= 0.3 is 0 Å². The van der Waals surface area contributed by atoms with Crippen LogP contribution < -0.4 is 15.4 Å². The second-order valence-corrected chi connectivity index (χ2v) is 7.65. The first kappa shape index (κ1) is 18.4. The standard InChI is InChI=1S/C20H32FN3O/c1-14(2)25-19-12-16(24-20-17(19)7-5-10-23-20)6-3-4-8-18(21)15-9-11-22-13-15/h12,14-15,18,22H,3-11,13H2,1-2H3,(H,23,24)/t15-,18?/m1/s1. The van der Waals surface area contributed by atoms with Gasteiger partial charge in [-0.1, -0.05) is 6.42 Å². The van der Waals surface area contributed by atoms with Crippen molar-refractivity contribution in [2.75, 3.05) is 25.0 Å². The van der Waals surface area contributed by atoms with Gasteiger partial charge in [0.05, 0.1) is 6.10 Å². The summed E-state index contributed by atoms with van der Waals surface area (Å²) >= 11 is 0. The van der Waals surface area contributed by atoms with Crippen LogP contribution in [0.5, 0.6) is 5.75 Å². The number of aromatic nitrogens is 1. The number of nitrogens with one attached hydrogen (secondary N) is 2. The Labute approximate surface area is 150 Å². The minimum absolute atomic E-state index is 0.161. The van der Waals surface area contributed by atoms with Gasteiger partial charge in [-0.15, -0.1) is 0 Å². The first-order chi connectivity index (χ1) is 12.1. The number of fused-ring (bicyclic) bond motifs is 1. The maximum Gasteiger partial charge on any atom is 0.133 e. The summed E-state index contributed by atoms with van der Waals surface area (Å²) in [5.41, 5.74) is 2.27. The maximum atomic E-state index is 14.2. The summed E-state index contributed by atoms with van der Waals surface area (Å²) < 4.78 is 20.2. The fourth-order valence-electron chi connectivity index (χ4n) is 3.81. The van der Waals surface area contributed by atoms with Crippen LogP contribution in [0, 0.1) is 5.92 Å². The topological polar surface area (TPSA) is 46.2 Å². The molecule has 4 nitrogen and oxygen atoms in total. The molecule has 3 rings (SSSR count). The van der Waals surface area contributed by atoms with Crippen LogP contribution in [0.2, 0.25) is 0 Å². The van der Waals surface area contributed by atoms with Crippen molar-refractivity contribution in [3.05, 3.63) is 17.3 Å². The molecule has 0 aromatic carbocycles. The van der Waals surface area contributed by atoms with Crippen LogP contribution in [-0.4, -0.2) is 36.9 Å². The summed E-state index contributed by atoms with van der Waals surface area (Å²) in [4.78, 5) is 4.78. The molecule has 5 heteroatoms. The minimum Gasteiger partial charge on any atom is -0.491 e. The lowest BCUT2D eigenvalue weighted by Gasteiger charge is -2.22. The van der Waals surface area contributed by atoms with Crippen molar-refractivity contribution >= 4 is 5.82 Å². The van der Waals surface area contributed by atoms with Crippen LogP contribution in [0.3, 0.4) is 0 Å². The molecule has 2 atom stereocenters. The summed E-state index contributed by atoms with van der Waals surface area (Å²) in [5, 5.41) is 6.65. The fourth-order valence-corrected chi connectivity index (χ4v) is 3.81. The molecule has 0 amide bonds. The average molecular weight is 349 g/mol. The van der Waals surface area contributed by atoms with E-state index in [1.54, 1.807) is 0 Å². The number of alkyl halides is 1. The molecular formula is C20H32FN3O. The van der Waals surface area contributed by atoms with E-state index in [-0.39, 0.29) is 12.0 Å². The molecule has 1 aromatic heterocycles. The van der Waals surface area contributed by atoms with Crippen LogP contribution in [0.1, 0.15) is 57.2 Å². The number of pyridine rings is 1. The number of aryl methyl sites for hydroxylation is 1. The van der Waals surface area contributed by atoms with Gasteiger partial charge in [0.1, 0.15) is 17.7 Å². The molecule has 1 unspecified atom stereocenters. The largest absolute Gasteiger partial charge is 0.491 e. The molecule has 0 aliphatic carbocycles. The highest BCUT2D eigenvalue weighted by Gasteiger charge is 2.24. The van der Waals surface area contributed by atoms with Gasteiger partial charge < -0.3 is 15.4 Å². The van der Waals surface area contributed by atoms with E-state index in [9.17, 15) is 4.39 Å². The van der Waals surface area contributed by atoms with Crippen LogP contribution in [-0.2, 0) is 12.8 Å². The Balaban J connectivity index is 1.54. The highest BCUT2D eigenvalue weighted by Crippen LogP contribution is 2.31. The third-order valence-electron chi connectivity index (χ3n) is 5.17.